The summed E-state index contributed by atoms with van der Waals surface area (Å²) in [6.07, 6.45) is 0. The largest absolute Gasteiger partial charge is 0.433 e. The summed E-state index contributed by atoms with van der Waals surface area (Å²) < 4.78 is 29.5. The minimum Gasteiger partial charge on any atom is -0.433 e. The average Bonchev–Trinajstić information content (AvgIpc) is 2.64. The van der Waals surface area contributed by atoms with Gasteiger partial charge in [0.15, 0.2) is 0 Å². The third-order valence-electron chi connectivity index (χ3n) is 4.34. The molecule has 2 aromatic rings. The van der Waals surface area contributed by atoms with Crippen molar-refractivity contribution in [2.24, 2.45) is 0 Å². The van der Waals surface area contributed by atoms with E-state index in [1.54, 1.807) is 12.1 Å². The predicted octanol–water partition coefficient (Wildman–Crippen LogP) is 3.95. The molecule has 1 saturated heterocycles. The van der Waals surface area contributed by atoms with Crippen LogP contribution in [0.2, 0.25) is 5.02 Å². The predicted molar refractivity (Wildman–Crippen MR) is 108 cm³/mol. The van der Waals surface area contributed by atoms with E-state index < -0.39 is 6.61 Å². The van der Waals surface area contributed by atoms with Crippen LogP contribution in [0.3, 0.4) is 0 Å². The summed E-state index contributed by atoms with van der Waals surface area (Å²) in [5.74, 6) is -0.372. The van der Waals surface area contributed by atoms with Gasteiger partial charge in [0.1, 0.15) is 5.75 Å². The van der Waals surface area contributed by atoms with Crippen LogP contribution in [0.15, 0.2) is 48.5 Å². The number of benzene rings is 2. The molecule has 0 aliphatic carbocycles. The summed E-state index contributed by atoms with van der Waals surface area (Å²) >= 11 is 6.32. The molecule has 1 fully saturated rings. The summed E-state index contributed by atoms with van der Waals surface area (Å²) in [6.45, 7) is -0.763. The van der Waals surface area contributed by atoms with E-state index in [4.69, 9.17) is 11.6 Å². The van der Waals surface area contributed by atoms with Gasteiger partial charge in [0.25, 0.3) is 0 Å². The Balaban J connectivity index is 0.00000280. The lowest BCUT2D eigenvalue weighted by molar-refractivity contribution is -0.118. The molecule has 2 aromatic carbocycles. The molecule has 28 heavy (non-hydrogen) atoms. The Morgan fingerprint density at radius 1 is 1.25 bits per heavy atom. The number of rotatable bonds is 6. The number of para-hydroxylation sites is 2. The number of nitrogens with one attached hydrogen (secondary N) is 2. The zero-order valence-corrected chi connectivity index (χ0v) is 16.5. The Bertz CT molecular complexity index is 795. The minimum absolute atomic E-state index is 0. The Hall–Kier alpha value is -1.93. The van der Waals surface area contributed by atoms with E-state index in [1.807, 2.05) is 29.2 Å². The molecule has 9 heteroatoms. The standard InChI is InChI=1S/C19H20ClF2N3O2.ClH/c20-14-6-2-1-5-13(14)16-11-23-9-10-25(16)12-18(26)24-15-7-3-4-8-17(15)27-19(21)22;/h1-8,16,19,23H,9-12H2,(H,24,26);1H. The molecule has 5 nitrogen and oxygen atoms in total. The van der Waals surface area contributed by atoms with Gasteiger partial charge < -0.3 is 15.4 Å². The molecule has 1 aliphatic heterocycles. The van der Waals surface area contributed by atoms with Crippen molar-refractivity contribution in [1.82, 2.24) is 10.2 Å². The van der Waals surface area contributed by atoms with Crippen molar-refractivity contribution < 1.29 is 18.3 Å². The smallest absolute Gasteiger partial charge is 0.387 e. The van der Waals surface area contributed by atoms with E-state index in [0.717, 1.165) is 12.1 Å². The first-order chi connectivity index (χ1) is 13.0. The molecule has 0 aromatic heterocycles. The Morgan fingerprint density at radius 2 is 1.96 bits per heavy atom. The maximum atomic E-state index is 12.5. The first kappa shape index (κ1) is 22.4. The maximum absolute atomic E-state index is 12.5. The fourth-order valence-corrected chi connectivity index (χ4v) is 3.39. The monoisotopic (exact) mass is 431 g/mol. The Labute approximate surface area is 173 Å². The van der Waals surface area contributed by atoms with Crippen LogP contribution >= 0.6 is 24.0 Å². The molecule has 3 rings (SSSR count). The molecule has 1 unspecified atom stereocenters. The molecule has 0 spiro atoms. The number of hydrogen-bond donors (Lipinski definition) is 2. The van der Waals surface area contributed by atoms with Gasteiger partial charge in [-0.3, -0.25) is 9.69 Å². The van der Waals surface area contributed by atoms with Gasteiger partial charge in [-0.2, -0.15) is 8.78 Å². The molecule has 152 valence electrons. The SMILES string of the molecule is Cl.O=C(CN1CCNCC1c1ccccc1Cl)Nc1ccccc1OC(F)F. The van der Waals surface area contributed by atoms with Crippen LogP contribution in [0.25, 0.3) is 0 Å². The number of ether oxygens (including phenoxy) is 1. The number of alkyl halides is 2. The number of nitrogens with zero attached hydrogens (tertiary/aromatic N) is 1. The quantitative estimate of drug-likeness (QED) is 0.726. The number of halogens is 4. The second-order valence-electron chi connectivity index (χ2n) is 6.13. The molecule has 2 N–H and O–H groups in total. The summed E-state index contributed by atoms with van der Waals surface area (Å²) in [7, 11) is 0. The lowest BCUT2D eigenvalue weighted by Crippen LogP contribution is -2.48. The highest BCUT2D eigenvalue weighted by atomic mass is 35.5. The third kappa shape index (κ3) is 5.78. The second-order valence-corrected chi connectivity index (χ2v) is 6.54. The number of piperazine rings is 1. The lowest BCUT2D eigenvalue weighted by atomic mass is 10.0. The van der Waals surface area contributed by atoms with Crippen LogP contribution in [0.4, 0.5) is 14.5 Å². The van der Waals surface area contributed by atoms with E-state index in [0.29, 0.717) is 18.1 Å². The van der Waals surface area contributed by atoms with Crippen LogP contribution in [0.5, 0.6) is 5.75 Å². The summed E-state index contributed by atoms with van der Waals surface area (Å²) in [5, 5.41) is 6.61. The van der Waals surface area contributed by atoms with Crippen LogP contribution < -0.4 is 15.4 Å². The molecule has 0 saturated carbocycles. The number of amides is 1. The number of anilines is 1. The normalized spacial score (nSPS) is 17.1. The Morgan fingerprint density at radius 3 is 2.71 bits per heavy atom. The van der Waals surface area contributed by atoms with E-state index >= 15 is 0 Å². The van der Waals surface area contributed by atoms with Gasteiger partial charge in [-0.05, 0) is 23.8 Å². The van der Waals surface area contributed by atoms with Crippen LogP contribution in [0, 0.1) is 0 Å². The van der Waals surface area contributed by atoms with Crippen molar-refractivity contribution in [3.05, 3.63) is 59.1 Å². The van der Waals surface area contributed by atoms with Gasteiger partial charge in [-0.25, -0.2) is 0 Å². The molecular weight excluding hydrogens is 411 g/mol. The van der Waals surface area contributed by atoms with E-state index in [-0.39, 0.29) is 42.3 Å². The van der Waals surface area contributed by atoms with E-state index in [2.05, 4.69) is 15.4 Å². The van der Waals surface area contributed by atoms with Crippen LogP contribution in [0.1, 0.15) is 11.6 Å². The van der Waals surface area contributed by atoms with E-state index in [1.165, 1.54) is 12.1 Å². The summed E-state index contributed by atoms with van der Waals surface area (Å²) in [4.78, 5) is 14.5. The zero-order chi connectivity index (χ0) is 19.2. The highest BCUT2D eigenvalue weighted by Crippen LogP contribution is 2.29. The van der Waals surface area contributed by atoms with Gasteiger partial charge >= 0.3 is 6.61 Å². The fraction of sp³-hybridized carbons (Fsp3) is 0.316. The van der Waals surface area contributed by atoms with Crippen molar-refractivity contribution in [2.45, 2.75) is 12.7 Å². The maximum Gasteiger partial charge on any atom is 0.387 e. The van der Waals surface area contributed by atoms with Crippen LogP contribution in [-0.2, 0) is 4.79 Å². The molecule has 1 atom stereocenters. The molecular formula is C19H21Cl2F2N3O2. The highest BCUT2D eigenvalue weighted by Gasteiger charge is 2.27. The first-order valence-electron chi connectivity index (χ1n) is 8.57. The molecule has 1 heterocycles. The fourth-order valence-electron chi connectivity index (χ4n) is 3.13. The second kappa shape index (κ2) is 10.6. The van der Waals surface area contributed by atoms with Crippen molar-refractivity contribution in [2.75, 3.05) is 31.5 Å². The van der Waals surface area contributed by atoms with Crippen molar-refractivity contribution >= 4 is 35.6 Å². The van der Waals surface area contributed by atoms with Gasteiger partial charge in [0, 0.05) is 30.7 Å². The minimum atomic E-state index is -2.96. The molecule has 1 amide bonds. The van der Waals surface area contributed by atoms with Gasteiger partial charge in [-0.15, -0.1) is 12.4 Å². The van der Waals surface area contributed by atoms with Crippen LogP contribution in [-0.4, -0.2) is 43.6 Å². The summed E-state index contributed by atoms with van der Waals surface area (Å²) in [6, 6.07) is 13.6. The molecule has 0 radical (unpaired) electrons. The molecule has 1 aliphatic rings. The Kier molecular flexibility index (Phi) is 8.44. The van der Waals surface area contributed by atoms with Gasteiger partial charge in [0.2, 0.25) is 5.91 Å². The van der Waals surface area contributed by atoms with Gasteiger partial charge in [0.05, 0.1) is 12.2 Å². The lowest BCUT2D eigenvalue weighted by Gasteiger charge is -2.36. The van der Waals surface area contributed by atoms with Crippen molar-refractivity contribution in [1.29, 1.82) is 0 Å². The average molecular weight is 432 g/mol. The van der Waals surface area contributed by atoms with Crippen molar-refractivity contribution in [3.63, 3.8) is 0 Å². The highest BCUT2D eigenvalue weighted by molar-refractivity contribution is 6.31. The topological polar surface area (TPSA) is 53.6 Å². The van der Waals surface area contributed by atoms with Crippen molar-refractivity contribution in [3.8, 4) is 5.75 Å². The summed E-state index contributed by atoms with van der Waals surface area (Å²) in [5.41, 5.74) is 1.16. The van der Waals surface area contributed by atoms with Gasteiger partial charge in [-0.1, -0.05) is 41.9 Å². The van der Waals surface area contributed by atoms with E-state index in [9.17, 15) is 13.6 Å². The number of carbonyl (C=O) groups is 1. The zero-order valence-electron chi connectivity index (χ0n) is 14.9. The third-order valence-corrected chi connectivity index (χ3v) is 4.69. The number of hydrogen-bond acceptors (Lipinski definition) is 4. The first-order valence-corrected chi connectivity index (χ1v) is 8.95. The number of carbonyl (C=O) groups excluding carboxylic acids is 1. The molecule has 0 bridgehead atoms.